The monoisotopic (exact) mass is 388 g/mol. The number of hydrogen-bond donors (Lipinski definition) is 0. The maximum atomic E-state index is 2.55. The van der Waals surface area contributed by atoms with Gasteiger partial charge in [0.25, 0.3) is 0 Å². The largest absolute Gasteiger partial charge is 1.00 e. The Labute approximate surface area is 164 Å². The van der Waals surface area contributed by atoms with Crippen LogP contribution in [0.3, 0.4) is 0 Å². The van der Waals surface area contributed by atoms with Gasteiger partial charge in [-0.05, 0) is 0 Å². The Balaban J connectivity index is 0.00000242. The Hall–Kier alpha value is 0.254. The van der Waals surface area contributed by atoms with Gasteiger partial charge in [-0.25, -0.2) is 0 Å². The van der Waals surface area contributed by atoms with Crippen molar-refractivity contribution in [1.82, 2.24) is 0 Å². The van der Waals surface area contributed by atoms with Crippen LogP contribution in [-0.2, 0) is 19.2 Å². The topological polar surface area (TPSA) is 0 Å². The summed E-state index contributed by atoms with van der Waals surface area (Å²) in [4.78, 5) is 0. The third-order valence-electron chi connectivity index (χ3n) is 4.74. The van der Waals surface area contributed by atoms with E-state index in [4.69, 9.17) is 0 Å². The molecule has 0 amide bonds. The maximum Gasteiger partial charge on any atom is -1.00 e. The summed E-state index contributed by atoms with van der Waals surface area (Å²) in [6.07, 6.45) is 15.5. The van der Waals surface area contributed by atoms with E-state index in [0.29, 0.717) is 0 Å². The molecule has 0 heterocycles. The van der Waals surface area contributed by atoms with E-state index in [1.54, 1.807) is 30.0 Å². The van der Waals surface area contributed by atoms with E-state index in [0.717, 1.165) is 0 Å². The Morgan fingerprint density at radius 2 is 1.17 bits per heavy atom. The summed E-state index contributed by atoms with van der Waals surface area (Å²) in [6, 6.07) is 0. The summed E-state index contributed by atoms with van der Waals surface area (Å²) in [5.74, 6) is 0. The molecule has 2 aliphatic rings. The van der Waals surface area contributed by atoms with Gasteiger partial charge in [0, 0.05) is 0 Å². The van der Waals surface area contributed by atoms with Crippen LogP contribution in [0.15, 0.2) is 42.2 Å². The standard InChI is InChI=1S/2C10H15.2ClH.Ti/c2*1-3-4-7-10-8-5-6-9(10)2;;;/h2*5H,3-4,6-7H2,1-2H3;2*1H;/q;;;;+2/p-2. The summed E-state index contributed by atoms with van der Waals surface area (Å²) in [7, 11) is 0. The summed E-state index contributed by atoms with van der Waals surface area (Å²) in [5.41, 5.74) is 6.77. The molecule has 0 aliphatic heterocycles. The first-order valence-corrected chi connectivity index (χ1v) is 10.3. The van der Waals surface area contributed by atoms with Gasteiger partial charge >= 0.3 is 140 Å². The minimum Gasteiger partial charge on any atom is -1.00 e. The Morgan fingerprint density at radius 3 is 1.52 bits per heavy atom. The molecule has 0 atom stereocenters. The molecule has 0 spiro atoms. The second-order valence-corrected chi connectivity index (χ2v) is 8.57. The smallest absolute Gasteiger partial charge is 1.00 e. The summed E-state index contributed by atoms with van der Waals surface area (Å²) in [6.45, 7) is 9.31. The van der Waals surface area contributed by atoms with E-state index in [-0.39, 0.29) is 44.0 Å². The molecule has 0 aromatic heterocycles. The van der Waals surface area contributed by atoms with Gasteiger partial charge in [0.05, 0.1) is 0 Å². The molecule has 2 rings (SSSR count). The van der Waals surface area contributed by atoms with Gasteiger partial charge in [0.2, 0.25) is 0 Å². The van der Waals surface area contributed by atoms with Gasteiger partial charge in [0.15, 0.2) is 0 Å². The van der Waals surface area contributed by atoms with Crippen LogP contribution in [0.25, 0.3) is 0 Å². The quantitative estimate of drug-likeness (QED) is 0.536. The van der Waals surface area contributed by atoms with Crippen LogP contribution in [0.1, 0.15) is 79.1 Å². The molecule has 3 heteroatoms. The Kier molecular flexibility index (Phi) is 11.9. The van der Waals surface area contributed by atoms with Gasteiger partial charge < -0.3 is 24.8 Å². The van der Waals surface area contributed by atoms with Gasteiger partial charge in [-0.15, -0.1) is 0 Å². The van der Waals surface area contributed by atoms with E-state index in [1.807, 2.05) is 0 Å². The Morgan fingerprint density at radius 1 is 0.783 bits per heavy atom. The van der Waals surface area contributed by atoms with Crippen LogP contribution in [0.4, 0.5) is 0 Å². The molecule has 0 aromatic rings. The second-order valence-electron chi connectivity index (χ2n) is 6.49. The summed E-state index contributed by atoms with van der Waals surface area (Å²) in [5, 5.41) is 0. The Bertz CT molecular complexity index is 464. The molecule has 0 unspecified atom stereocenters. The van der Waals surface area contributed by atoms with Gasteiger partial charge in [-0.1, -0.05) is 0 Å². The first-order valence-electron chi connectivity index (χ1n) is 8.72. The number of rotatable bonds is 8. The van der Waals surface area contributed by atoms with Crippen molar-refractivity contribution >= 4 is 0 Å². The zero-order valence-electron chi connectivity index (χ0n) is 15.1. The second kappa shape index (κ2) is 11.7. The van der Waals surface area contributed by atoms with Gasteiger partial charge in [-0.2, -0.15) is 0 Å². The van der Waals surface area contributed by atoms with Crippen molar-refractivity contribution in [3.05, 3.63) is 42.2 Å². The van der Waals surface area contributed by atoms with E-state index < -0.39 is 0 Å². The van der Waals surface area contributed by atoms with Crippen molar-refractivity contribution < 1.29 is 44.0 Å². The van der Waals surface area contributed by atoms with E-state index in [2.05, 4.69) is 39.8 Å². The zero-order chi connectivity index (χ0) is 15.2. The molecule has 0 nitrogen and oxygen atoms in total. The molecule has 0 saturated heterocycles. The van der Waals surface area contributed by atoms with Crippen molar-refractivity contribution in [2.75, 3.05) is 0 Å². The predicted octanol–water partition coefficient (Wildman–Crippen LogP) is 0.666. The maximum absolute atomic E-state index is 2.55. The van der Waals surface area contributed by atoms with Crippen molar-refractivity contribution in [2.45, 2.75) is 79.1 Å². The third kappa shape index (κ3) is 6.24. The fourth-order valence-electron chi connectivity index (χ4n) is 3.26. The normalized spacial score (nSPS) is 16.7. The van der Waals surface area contributed by atoms with Crippen LogP contribution in [0, 0.1) is 0 Å². The molecule has 0 N–H and O–H groups in total. The van der Waals surface area contributed by atoms with E-state index >= 15 is 0 Å². The SMILES string of the molecule is CCCCC1=C(C)CC=[C]1[Ti+2][C]1=CCC(C)=C1CCCC.[Cl-].[Cl-]. The van der Waals surface area contributed by atoms with Crippen LogP contribution >= 0.6 is 0 Å². The molecule has 128 valence electrons. The first kappa shape index (κ1) is 23.3. The molecular formula is C20H30Cl2Ti. The van der Waals surface area contributed by atoms with Crippen LogP contribution in [0.2, 0.25) is 0 Å². The van der Waals surface area contributed by atoms with Crippen molar-refractivity contribution in [3.8, 4) is 0 Å². The number of unbranched alkanes of at least 4 members (excludes halogenated alkanes) is 2. The van der Waals surface area contributed by atoms with Crippen LogP contribution < -0.4 is 24.8 Å². The molecule has 2 aliphatic carbocycles. The molecule has 0 radical (unpaired) electrons. The number of allylic oxidation sites excluding steroid dienone is 8. The minimum absolute atomic E-state index is 0. The van der Waals surface area contributed by atoms with E-state index in [9.17, 15) is 0 Å². The van der Waals surface area contributed by atoms with Crippen LogP contribution in [-0.4, -0.2) is 0 Å². The van der Waals surface area contributed by atoms with Crippen LogP contribution in [0.5, 0.6) is 0 Å². The van der Waals surface area contributed by atoms with Gasteiger partial charge in [0.1, 0.15) is 0 Å². The fourth-order valence-corrected chi connectivity index (χ4v) is 5.88. The molecule has 0 fully saturated rings. The third-order valence-corrected chi connectivity index (χ3v) is 7.16. The summed E-state index contributed by atoms with van der Waals surface area (Å²) >= 11 is -0.101. The fraction of sp³-hybridized carbons (Fsp3) is 0.600. The number of hydrogen-bond acceptors (Lipinski definition) is 0. The molecule has 23 heavy (non-hydrogen) atoms. The average molecular weight is 389 g/mol. The molecular weight excluding hydrogens is 359 g/mol. The van der Waals surface area contributed by atoms with Crippen molar-refractivity contribution in [1.29, 1.82) is 0 Å². The average Bonchev–Trinajstić information content (AvgIpc) is 2.99. The summed E-state index contributed by atoms with van der Waals surface area (Å²) < 4.78 is 3.52. The minimum atomic E-state index is -0.101. The molecule has 0 aromatic carbocycles. The van der Waals surface area contributed by atoms with Gasteiger partial charge in [-0.3, -0.25) is 0 Å². The zero-order valence-corrected chi connectivity index (χ0v) is 18.1. The predicted molar refractivity (Wildman–Crippen MR) is 89.9 cm³/mol. The first-order chi connectivity index (χ1) is 10.2. The van der Waals surface area contributed by atoms with E-state index in [1.165, 1.54) is 51.4 Å². The molecule has 0 bridgehead atoms. The van der Waals surface area contributed by atoms with Crippen molar-refractivity contribution in [2.24, 2.45) is 0 Å². The molecule has 0 saturated carbocycles. The van der Waals surface area contributed by atoms with Crippen molar-refractivity contribution in [3.63, 3.8) is 0 Å². The number of halogens is 2.